The van der Waals surface area contributed by atoms with Crippen LogP contribution in [0.4, 0.5) is 0 Å². The fourth-order valence-electron chi connectivity index (χ4n) is 1.86. The molecule has 84 valence electrons. The number of hydrogen-bond acceptors (Lipinski definition) is 4. The van der Waals surface area contributed by atoms with Gasteiger partial charge >= 0.3 is 0 Å². The summed E-state index contributed by atoms with van der Waals surface area (Å²) in [6.45, 7) is 2.40. The van der Waals surface area contributed by atoms with Crippen LogP contribution in [0.15, 0.2) is 18.3 Å². The first-order valence-corrected chi connectivity index (χ1v) is 5.56. The molecule has 0 aliphatic carbocycles. The van der Waals surface area contributed by atoms with Crippen LogP contribution in [-0.4, -0.2) is 24.2 Å². The molecule has 1 fully saturated rings. The van der Waals surface area contributed by atoms with Crippen LogP contribution >= 0.6 is 0 Å². The highest BCUT2D eigenvalue weighted by molar-refractivity contribution is 5.30. The zero-order valence-corrected chi connectivity index (χ0v) is 9.15. The number of hydrogen-bond donors (Lipinski definition) is 1. The Hall–Kier alpha value is -1.44. The molecule has 0 spiro atoms. The lowest BCUT2D eigenvalue weighted by molar-refractivity contribution is 0.110. The monoisotopic (exact) mass is 217 g/mol. The number of nitrogens with zero attached hydrogens (tertiary/aromatic N) is 2. The second-order valence-corrected chi connectivity index (χ2v) is 3.89. The summed E-state index contributed by atoms with van der Waals surface area (Å²) in [5.41, 5.74) is 1.45. The summed E-state index contributed by atoms with van der Waals surface area (Å²) in [7, 11) is 0. The van der Waals surface area contributed by atoms with Gasteiger partial charge in [0, 0.05) is 31.5 Å². The summed E-state index contributed by atoms with van der Waals surface area (Å²) < 4.78 is 5.50. The van der Waals surface area contributed by atoms with Gasteiger partial charge in [0.2, 0.25) is 0 Å². The predicted octanol–water partition coefficient (Wildman–Crippen LogP) is 1.22. The van der Waals surface area contributed by atoms with E-state index in [1.807, 2.05) is 12.1 Å². The first kappa shape index (κ1) is 11.1. The third-order valence-electron chi connectivity index (χ3n) is 2.71. The molecular formula is C12H15N3O. The minimum atomic E-state index is 0.335. The normalized spacial score (nSPS) is 19.6. The van der Waals surface area contributed by atoms with Gasteiger partial charge in [0.1, 0.15) is 11.8 Å². The molecule has 2 heterocycles. The molecular weight excluding hydrogens is 202 g/mol. The van der Waals surface area contributed by atoms with E-state index in [1.54, 1.807) is 6.20 Å². The molecule has 1 unspecified atom stereocenters. The third kappa shape index (κ3) is 2.78. The largest absolute Gasteiger partial charge is 0.377 e. The van der Waals surface area contributed by atoms with Crippen molar-refractivity contribution in [2.75, 3.05) is 13.2 Å². The summed E-state index contributed by atoms with van der Waals surface area (Å²) in [6, 6.07) is 5.87. The van der Waals surface area contributed by atoms with E-state index in [0.29, 0.717) is 18.3 Å². The van der Waals surface area contributed by atoms with E-state index < -0.39 is 0 Å². The van der Waals surface area contributed by atoms with Crippen molar-refractivity contribution in [1.82, 2.24) is 10.3 Å². The molecule has 0 bridgehead atoms. The minimum absolute atomic E-state index is 0.335. The van der Waals surface area contributed by atoms with Crippen LogP contribution in [0.2, 0.25) is 0 Å². The molecule has 0 saturated carbocycles. The van der Waals surface area contributed by atoms with Crippen molar-refractivity contribution < 1.29 is 4.74 Å². The molecule has 2 rings (SSSR count). The van der Waals surface area contributed by atoms with Gasteiger partial charge in [-0.1, -0.05) is 6.07 Å². The van der Waals surface area contributed by atoms with Gasteiger partial charge in [-0.2, -0.15) is 5.26 Å². The molecule has 1 aromatic rings. The van der Waals surface area contributed by atoms with Crippen molar-refractivity contribution in [1.29, 1.82) is 5.26 Å². The van der Waals surface area contributed by atoms with Crippen LogP contribution in [0.3, 0.4) is 0 Å². The summed E-state index contributed by atoms with van der Waals surface area (Å²) in [5.74, 6) is 0. The van der Waals surface area contributed by atoms with Gasteiger partial charge in [-0.3, -0.25) is 0 Å². The maximum Gasteiger partial charge on any atom is 0.144 e. The molecule has 1 atom stereocenters. The number of ether oxygens (including phenoxy) is 1. The second kappa shape index (κ2) is 5.59. The Balaban J connectivity index is 1.82. The van der Waals surface area contributed by atoms with Crippen molar-refractivity contribution in [3.63, 3.8) is 0 Å². The van der Waals surface area contributed by atoms with Gasteiger partial charge in [0.05, 0.1) is 6.10 Å². The zero-order chi connectivity index (χ0) is 11.2. The topological polar surface area (TPSA) is 57.9 Å². The zero-order valence-electron chi connectivity index (χ0n) is 9.15. The van der Waals surface area contributed by atoms with Gasteiger partial charge in [0.15, 0.2) is 0 Å². The summed E-state index contributed by atoms with van der Waals surface area (Å²) >= 11 is 0. The molecule has 1 aliphatic heterocycles. The third-order valence-corrected chi connectivity index (χ3v) is 2.71. The Morgan fingerprint density at radius 2 is 2.56 bits per heavy atom. The highest BCUT2D eigenvalue weighted by atomic mass is 16.5. The lowest BCUT2D eigenvalue weighted by atomic mass is 10.2. The quantitative estimate of drug-likeness (QED) is 0.824. The van der Waals surface area contributed by atoms with Gasteiger partial charge < -0.3 is 10.1 Å². The van der Waals surface area contributed by atoms with E-state index in [-0.39, 0.29) is 0 Å². The van der Waals surface area contributed by atoms with Crippen molar-refractivity contribution in [3.8, 4) is 6.07 Å². The predicted molar refractivity (Wildman–Crippen MR) is 59.6 cm³/mol. The molecule has 1 N–H and O–H groups in total. The average Bonchev–Trinajstić information content (AvgIpc) is 2.83. The fourth-order valence-corrected chi connectivity index (χ4v) is 1.86. The lowest BCUT2D eigenvalue weighted by Gasteiger charge is -2.10. The molecule has 16 heavy (non-hydrogen) atoms. The number of nitrogens with one attached hydrogen (secondary N) is 1. The van der Waals surface area contributed by atoms with Crippen molar-refractivity contribution in [2.45, 2.75) is 25.5 Å². The number of rotatable bonds is 4. The second-order valence-electron chi connectivity index (χ2n) is 3.89. The average molecular weight is 217 g/mol. The molecule has 4 nitrogen and oxygen atoms in total. The van der Waals surface area contributed by atoms with Crippen LogP contribution < -0.4 is 5.32 Å². The first-order valence-electron chi connectivity index (χ1n) is 5.56. The van der Waals surface area contributed by atoms with Gasteiger partial charge in [-0.15, -0.1) is 0 Å². The van der Waals surface area contributed by atoms with Crippen molar-refractivity contribution >= 4 is 0 Å². The molecule has 1 saturated heterocycles. The van der Waals surface area contributed by atoms with Crippen LogP contribution in [0.5, 0.6) is 0 Å². The summed E-state index contributed by atoms with van der Waals surface area (Å²) in [6.07, 6.45) is 4.26. The summed E-state index contributed by atoms with van der Waals surface area (Å²) in [5, 5.41) is 12.2. The molecule has 0 radical (unpaired) electrons. The van der Waals surface area contributed by atoms with E-state index >= 15 is 0 Å². The van der Waals surface area contributed by atoms with E-state index in [1.165, 1.54) is 0 Å². The van der Waals surface area contributed by atoms with Crippen molar-refractivity contribution in [3.05, 3.63) is 29.6 Å². The fraction of sp³-hybridized carbons (Fsp3) is 0.500. The Morgan fingerprint density at radius 3 is 3.31 bits per heavy atom. The van der Waals surface area contributed by atoms with Gasteiger partial charge in [-0.25, -0.2) is 4.98 Å². The number of nitriles is 1. The Labute approximate surface area is 95.3 Å². The maximum absolute atomic E-state index is 8.86. The van der Waals surface area contributed by atoms with E-state index in [0.717, 1.165) is 31.6 Å². The van der Waals surface area contributed by atoms with E-state index in [2.05, 4.69) is 16.4 Å². The minimum Gasteiger partial charge on any atom is -0.377 e. The molecule has 1 aliphatic rings. The number of pyridine rings is 1. The molecule has 0 aromatic carbocycles. The van der Waals surface area contributed by atoms with Crippen LogP contribution in [0, 0.1) is 11.3 Å². The van der Waals surface area contributed by atoms with Crippen LogP contribution in [-0.2, 0) is 11.3 Å². The smallest absolute Gasteiger partial charge is 0.144 e. The SMILES string of the molecule is N#Cc1ncccc1CNCC1CCCO1. The Kier molecular flexibility index (Phi) is 3.86. The highest BCUT2D eigenvalue weighted by Gasteiger charge is 2.14. The molecule has 0 amide bonds. The highest BCUT2D eigenvalue weighted by Crippen LogP contribution is 2.11. The van der Waals surface area contributed by atoms with Gasteiger partial charge in [0.25, 0.3) is 0 Å². The standard InChI is InChI=1S/C12H15N3O/c13-7-12-10(3-1-5-15-12)8-14-9-11-4-2-6-16-11/h1,3,5,11,14H,2,4,6,8-9H2. The molecule has 1 aromatic heterocycles. The molecule has 4 heteroatoms. The first-order chi connectivity index (χ1) is 7.90. The number of aromatic nitrogens is 1. The van der Waals surface area contributed by atoms with Gasteiger partial charge in [-0.05, 0) is 18.9 Å². The Morgan fingerprint density at radius 1 is 1.62 bits per heavy atom. The van der Waals surface area contributed by atoms with Crippen LogP contribution in [0.25, 0.3) is 0 Å². The van der Waals surface area contributed by atoms with Crippen molar-refractivity contribution in [2.24, 2.45) is 0 Å². The van der Waals surface area contributed by atoms with Crippen LogP contribution in [0.1, 0.15) is 24.1 Å². The van der Waals surface area contributed by atoms with E-state index in [9.17, 15) is 0 Å². The Bertz CT molecular complexity index is 380. The summed E-state index contributed by atoms with van der Waals surface area (Å²) in [4.78, 5) is 4.02. The maximum atomic E-state index is 8.86. The lowest BCUT2D eigenvalue weighted by Crippen LogP contribution is -2.26. The van der Waals surface area contributed by atoms with E-state index in [4.69, 9.17) is 10.00 Å².